The van der Waals surface area contributed by atoms with E-state index in [0.29, 0.717) is 24.1 Å². The molecule has 2 N–H and O–H groups in total. The van der Waals surface area contributed by atoms with Crippen LogP contribution in [0.1, 0.15) is 33.2 Å². The minimum absolute atomic E-state index is 0.0155. The standard InChI is InChI=1S/C21H20N4O3/c1-13(26)25-10-9-14-11-15(7-8-18(14)25)20(27)22-23-21(28)17-12-24(2)19-6-4-3-5-16(17)19/h3-8,11-12H,9-10H2,1-2H3,(H,22,27)(H,23,28). The largest absolute Gasteiger partial charge is 0.350 e. The summed E-state index contributed by atoms with van der Waals surface area (Å²) >= 11 is 0. The number of nitrogens with zero attached hydrogens (tertiary/aromatic N) is 2. The Kier molecular flexibility index (Phi) is 4.35. The Bertz CT molecular complexity index is 1120. The second-order valence-corrected chi connectivity index (χ2v) is 6.84. The van der Waals surface area contributed by atoms with Crippen LogP contribution in [0.5, 0.6) is 0 Å². The summed E-state index contributed by atoms with van der Waals surface area (Å²) in [6.07, 6.45) is 2.44. The van der Waals surface area contributed by atoms with Crippen molar-refractivity contribution in [1.29, 1.82) is 0 Å². The van der Waals surface area contributed by atoms with Gasteiger partial charge in [0, 0.05) is 48.9 Å². The van der Waals surface area contributed by atoms with Gasteiger partial charge in [-0.15, -0.1) is 0 Å². The van der Waals surface area contributed by atoms with E-state index in [4.69, 9.17) is 0 Å². The normalized spacial score (nSPS) is 12.7. The van der Waals surface area contributed by atoms with Crippen molar-refractivity contribution in [2.75, 3.05) is 11.4 Å². The zero-order valence-corrected chi connectivity index (χ0v) is 15.7. The van der Waals surface area contributed by atoms with E-state index >= 15 is 0 Å². The van der Waals surface area contributed by atoms with Crippen molar-refractivity contribution in [3.63, 3.8) is 0 Å². The van der Waals surface area contributed by atoms with Gasteiger partial charge in [-0.2, -0.15) is 0 Å². The first-order valence-corrected chi connectivity index (χ1v) is 9.01. The first-order chi connectivity index (χ1) is 13.5. The summed E-state index contributed by atoms with van der Waals surface area (Å²) in [7, 11) is 1.87. The van der Waals surface area contributed by atoms with Gasteiger partial charge in [-0.1, -0.05) is 18.2 Å². The summed E-state index contributed by atoms with van der Waals surface area (Å²) in [5.74, 6) is -0.801. The number of nitrogens with one attached hydrogen (secondary N) is 2. The van der Waals surface area contributed by atoms with E-state index in [0.717, 1.165) is 22.2 Å². The second-order valence-electron chi connectivity index (χ2n) is 6.84. The van der Waals surface area contributed by atoms with Crippen molar-refractivity contribution < 1.29 is 14.4 Å². The predicted molar refractivity (Wildman–Crippen MR) is 106 cm³/mol. The van der Waals surface area contributed by atoms with Crippen molar-refractivity contribution in [3.8, 4) is 0 Å². The number of hydrogen-bond acceptors (Lipinski definition) is 3. The zero-order valence-electron chi connectivity index (χ0n) is 15.7. The third kappa shape index (κ3) is 3.00. The molecule has 0 spiro atoms. The van der Waals surface area contributed by atoms with Crippen LogP contribution in [-0.4, -0.2) is 28.8 Å². The second kappa shape index (κ2) is 6.84. The monoisotopic (exact) mass is 376 g/mol. The third-order valence-electron chi connectivity index (χ3n) is 5.05. The van der Waals surface area contributed by atoms with Crippen molar-refractivity contribution in [1.82, 2.24) is 15.4 Å². The lowest BCUT2D eigenvalue weighted by Crippen LogP contribution is -2.41. The number of aryl methyl sites for hydroxylation is 1. The Morgan fingerprint density at radius 3 is 2.54 bits per heavy atom. The van der Waals surface area contributed by atoms with Gasteiger partial charge in [0.15, 0.2) is 0 Å². The molecular weight excluding hydrogens is 356 g/mol. The summed E-state index contributed by atoms with van der Waals surface area (Å²) in [6, 6.07) is 12.8. The van der Waals surface area contributed by atoms with Gasteiger partial charge < -0.3 is 9.47 Å². The molecule has 0 unspecified atom stereocenters. The minimum Gasteiger partial charge on any atom is -0.350 e. The van der Waals surface area contributed by atoms with Crippen LogP contribution >= 0.6 is 0 Å². The number of benzene rings is 2. The van der Waals surface area contributed by atoms with Crippen molar-refractivity contribution in [2.24, 2.45) is 7.05 Å². The number of rotatable bonds is 2. The van der Waals surface area contributed by atoms with Crippen LogP contribution in [-0.2, 0) is 18.3 Å². The van der Waals surface area contributed by atoms with E-state index in [1.54, 1.807) is 29.3 Å². The van der Waals surface area contributed by atoms with E-state index in [-0.39, 0.29) is 11.8 Å². The quantitative estimate of drug-likeness (QED) is 0.673. The summed E-state index contributed by atoms with van der Waals surface area (Å²) < 4.78 is 1.87. The molecule has 0 saturated carbocycles. The molecule has 1 aliphatic rings. The highest BCUT2D eigenvalue weighted by atomic mass is 16.2. The molecule has 28 heavy (non-hydrogen) atoms. The Morgan fingerprint density at radius 2 is 1.75 bits per heavy atom. The molecule has 0 bridgehead atoms. The van der Waals surface area contributed by atoms with E-state index in [1.807, 2.05) is 35.9 Å². The molecule has 7 nitrogen and oxygen atoms in total. The lowest BCUT2D eigenvalue weighted by molar-refractivity contribution is -0.116. The molecule has 0 aliphatic carbocycles. The highest BCUT2D eigenvalue weighted by molar-refractivity contribution is 6.08. The Morgan fingerprint density at radius 1 is 1.00 bits per heavy atom. The highest BCUT2D eigenvalue weighted by Crippen LogP contribution is 2.28. The van der Waals surface area contributed by atoms with Crippen LogP contribution in [0.25, 0.3) is 10.9 Å². The molecule has 3 amide bonds. The Hall–Kier alpha value is -3.61. The van der Waals surface area contributed by atoms with Crippen LogP contribution in [0.2, 0.25) is 0 Å². The highest BCUT2D eigenvalue weighted by Gasteiger charge is 2.23. The van der Waals surface area contributed by atoms with Crippen LogP contribution in [0, 0.1) is 0 Å². The molecule has 0 saturated heterocycles. The van der Waals surface area contributed by atoms with Crippen LogP contribution in [0.3, 0.4) is 0 Å². The van der Waals surface area contributed by atoms with Gasteiger partial charge in [-0.25, -0.2) is 0 Å². The fourth-order valence-electron chi connectivity index (χ4n) is 3.65. The molecule has 1 aliphatic heterocycles. The van der Waals surface area contributed by atoms with Crippen LogP contribution < -0.4 is 15.8 Å². The van der Waals surface area contributed by atoms with Crippen molar-refractivity contribution in [3.05, 3.63) is 65.4 Å². The van der Waals surface area contributed by atoms with Crippen molar-refractivity contribution >= 4 is 34.3 Å². The summed E-state index contributed by atoms with van der Waals surface area (Å²) in [5, 5.41) is 0.818. The molecule has 7 heteroatoms. The fraction of sp³-hybridized carbons (Fsp3) is 0.190. The lowest BCUT2D eigenvalue weighted by atomic mass is 10.1. The van der Waals surface area contributed by atoms with E-state index in [1.165, 1.54) is 6.92 Å². The summed E-state index contributed by atoms with van der Waals surface area (Å²) in [5.41, 5.74) is 8.59. The topological polar surface area (TPSA) is 83.4 Å². The number of para-hydroxylation sites is 1. The molecule has 1 aromatic heterocycles. The number of fused-ring (bicyclic) bond motifs is 2. The number of anilines is 1. The van der Waals surface area contributed by atoms with Gasteiger partial charge in [-0.05, 0) is 36.2 Å². The molecule has 0 atom stereocenters. The number of carbonyl (C=O) groups excluding carboxylic acids is 3. The number of carbonyl (C=O) groups is 3. The summed E-state index contributed by atoms with van der Waals surface area (Å²) in [4.78, 5) is 38.3. The fourth-order valence-corrected chi connectivity index (χ4v) is 3.65. The van der Waals surface area contributed by atoms with Gasteiger partial charge in [0.2, 0.25) is 5.91 Å². The maximum Gasteiger partial charge on any atom is 0.271 e. The average Bonchev–Trinajstić information content (AvgIpc) is 3.27. The van der Waals surface area contributed by atoms with Crippen molar-refractivity contribution in [2.45, 2.75) is 13.3 Å². The molecule has 3 aromatic rings. The first-order valence-electron chi connectivity index (χ1n) is 9.01. The summed E-state index contributed by atoms with van der Waals surface area (Å²) in [6.45, 7) is 2.14. The molecule has 0 fully saturated rings. The predicted octanol–water partition coefficient (Wildman–Crippen LogP) is 2.16. The molecule has 2 aromatic carbocycles. The van der Waals surface area contributed by atoms with Gasteiger partial charge in [-0.3, -0.25) is 25.2 Å². The maximum absolute atomic E-state index is 12.5. The molecule has 0 radical (unpaired) electrons. The number of amides is 3. The van der Waals surface area contributed by atoms with Gasteiger partial charge in [0.05, 0.1) is 5.56 Å². The molecular formula is C21H20N4O3. The Balaban J connectivity index is 1.47. The lowest BCUT2D eigenvalue weighted by Gasteiger charge is -2.14. The van der Waals surface area contributed by atoms with E-state index in [2.05, 4.69) is 10.9 Å². The molecule has 4 rings (SSSR count). The molecule has 2 heterocycles. The smallest absolute Gasteiger partial charge is 0.271 e. The number of hydrazine groups is 1. The molecule has 142 valence electrons. The van der Waals surface area contributed by atoms with Gasteiger partial charge in [0.1, 0.15) is 0 Å². The van der Waals surface area contributed by atoms with E-state index in [9.17, 15) is 14.4 Å². The Labute approximate surface area is 161 Å². The number of aromatic nitrogens is 1. The SMILES string of the molecule is CC(=O)N1CCc2cc(C(=O)NNC(=O)c3cn(C)c4ccccc34)ccc21. The zero-order chi connectivity index (χ0) is 19.8. The minimum atomic E-state index is -0.405. The average molecular weight is 376 g/mol. The van der Waals surface area contributed by atoms with Crippen LogP contribution in [0.4, 0.5) is 5.69 Å². The van der Waals surface area contributed by atoms with Gasteiger partial charge >= 0.3 is 0 Å². The maximum atomic E-state index is 12.5. The first kappa shape index (κ1) is 17.8. The third-order valence-corrected chi connectivity index (χ3v) is 5.05. The van der Waals surface area contributed by atoms with Gasteiger partial charge in [0.25, 0.3) is 11.8 Å². The van der Waals surface area contributed by atoms with E-state index < -0.39 is 5.91 Å². The van der Waals surface area contributed by atoms with Crippen LogP contribution in [0.15, 0.2) is 48.7 Å². The number of hydrogen-bond donors (Lipinski definition) is 2.